The first-order valence-electron chi connectivity index (χ1n) is 4.52. The van der Waals surface area contributed by atoms with E-state index in [1.54, 1.807) is 0 Å². The second kappa shape index (κ2) is 6.00. The Hall–Kier alpha value is -0.540. The molecule has 0 radical (unpaired) electrons. The van der Waals surface area contributed by atoms with E-state index in [4.69, 9.17) is 5.73 Å². The molecule has 0 bridgehead atoms. The zero-order valence-corrected chi connectivity index (χ0v) is 9.04. The number of rotatable bonds is 4. The zero-order valence-electron chi connectivity index (χ0n) is 8.28. The van der Waals surface area contributed by atoms with Gasteiger partial charge >= 0.3 is 0 Å². The highest BCUT2D eigenvalue weighted by molar-refractivity contribution is 4.64. The molecule has 1 aromatic heterocycles. The third-order valence-corrected chi connectivity index (χ3v) is 1.95. The van der Waals surface area contributed by atoms with E-state index in [-0.39, 0.29) is 12.4 Å². The number of aromatic nitrogens is 2. The summed E-state index contributed by atoms with van der Waals surface area (Å²) in [6.45, 7) is 6.23. The molecule has 1 heterocycles. The van der Waals surface area contributed by atoms with Gasteiger partial charge in [-0.05, 0) is 13.8 Å². The molecule has 13 heavy (non-hydrogen) atoms. The van der Waals surface area contributed by atoms with Crippen molar-refractivity contribution in [3.63, 3.8) is 0 Å². The van der Waals surface area contributed by atoms with Gasteiger partial charge in [0.05, 0.1) is 13.1 Å². The molecule has 0 saturated carbocycles. The molecule has 1 unspecified atom stereocenters. The van der Waals surface area contributed by atoms with Crippen molar-refractivity contribution in [2.75, 3.05) is 0 Å². The molecule has 0 aliphatic heterocycles. The minimum Gasteiger partial charge on any atom is -1.00 e. The Morgan fingerprint density at radius 1 is 1.54 bits per heavy atom. The van der Waals surface area contributed by atoms with Gasteiger partial charge in [0.2, 0.25) is 6.33 Å². The molecular formula is C9H18ClN3. The third kappa shape index (κ3) is 4.29. The smallest absolute Gasteiger partial charge is 0.243 e. The predicted molar refractivity (Wildman–Crippen MR) is 48.6 cm³/mol. The van der Waals surface area contributed by atoms with Crippen molar-refractivity contribution in [1.82, 2.24) is 4.57 Å². The summed E-state index contributed by atoms with van der Waals surface area (Å²) in [5.41, 5.74) is 5.66. The number of hydrogen-bond acceptors (Lipinski definition) is 1. The highest BCUT2D eigenvalue weighted by Gasteiger charge is 2.02. The van der Waals surface area contributed by atoms with Gasteiger partial charge in [-0.2, -0.15) is 0 Å². The molecule has 4 heteroatoms. The number of halogens is 1. The van der Waals surface area contributed by atoms with E-state index < -0.39 is 0 Å². The maximum absolute atomic E-state index is 5.66. The lowest BCUT2D eigenvalue weighted by molar-refractivity contribution is -0.697. The summed E-state index contributed by atoms with van der Waals surface area (Å²) >= 11 is 0. The Labute approximate surface area is 86.0 Å². The minimum absolute atomic E-state index is 0. The minimum atomic E-state index is 0. The predicted octanol–water partition coefficient (Wildman–Crippen LogP) is -2.46. The van der Waals surface area contributed by atoms with Gasteiger partial charge in [-0.25, -0.2) is 9.13 Å². The lowest BCUT2D eigenvalue weighted by Gasteiger charge is -2.00. The summed E-state index contributed by atoms with van der Waals surface area (Å²) in [5, 5.41) is 0. The Balaban J connectivity index is 0.00000144. The van der Waals surface area contributed by atoms with Crippen LogP contribution in [0, 0.1) is 0 Å². The van der Waals surface area contributed by atoms with Crippen molar-refractivity contribution < 1.29 is 17.0 Å². The monoisotopic (exact) mass is 203 g/mol. The average molecular weight is 204 g/mol. The summed E-state index contributed by atoms with van der Waals surface area (Å²) in [5.74, 6) is 0. The van der Waals surface area contributed by atoms with Crippen LogP contribution in [0.25, 0.3) is 0 Å². The molecule has 3 nitrogen and oxygen atoms in total. The van der Waals surface area contributed by atoms with Crippen molar-refractivity contribution in [2.45, 2.75) is 39.4 Å². The van der Waals surface area contributed by atoms with E-state index in [0.717, 1.165) is 19.5 Å². The van der Waals surface area contributed by atoms with Gasteiger partial charge in [-0.3, -0.25) is 0 Å². The summed E-state index contributed by atoms with van der Waals surface area (Å²) < 4.78 is 4.33. The van der Waals surface area contributed by atoms with E-state index in [1.807, 2.05) is 6.92 Å². The van der Waals surface area contributed by atoms with Gasteiger partial charge in [-0.1, -0.05) is 0 Å². The molecule has 0 aromatic carbocycles. The van der Waals surface area contributed by atoms with Crippen molar-refractivity contribution in [3.8, 4) is 0 Å². The fourth-order valence-corrected chi connectivity index (χ4v) is 1.11. The van der Waals surface area contributed by atoms with E-state index >= 15 is 0 Å². The van der Waals surface area contributed by atoms with E-state index in [2.05, 4.69) is 34.8 Å². The molecule has 0 aliphatic rings. The number of hydrogen-bond donors (Lipinski definition) is 1. The standard InChI is InChI=1S/C9H18N3.ClH/c1-3-11-6-7-12(8-11)5-4-9(2)10;/h6-9H,3-5,10H2,1-2H3;1H/q+1;/p-1. The first kappa shape index (κ1) is 12.5. The molecule has 1 atom stereocenters. The van der Waals surface area contributed by atoms with Crippen molar-refractivity contribution in [3.05, 3.63) is 18.7 Å². The van der Waals surface area contributed by atoms with Gasteiger partial charge in [-0.15, -0.1) is 0 Å². The molecular weight excluding hydrogens is 186 g/mol. The lowest BCUT2D eigenvalue weighted by atomic mass is 10.2. The van der Waals surface area contributed by atoms with Crippen LogP contribution in [0.4, 0.5) is 0 Å². The van der Waals surface area contributed by atoms with Gasteiger partial charge < -0.3 is 18.1 Å². The highest BCUT2D eigenvalue weighted by atomic mass is 35.5. The van der Waals surface area contributed by atoms with Crippen LogP contribution in [0.15, 0.2) is 18.7 Å². The largest absolute Gasteiger partial charge is 1.00 e. The summed E-state index contributed by atoms with van der Waals surface area (Å²) in [6.07, 6.45) is 7.33. The molecule has 0 fully saturated rings. The topological polar surface area (TPSA) is 34.8 Å². The fourth-order valence-electron chi connectivity index (χ4n) is 1.11. The summed E-state index contributed by atoms with van der Waals surface area (Å²) in [4.78, 5) is 0. The Kier molecular flexibility index (Phi) is 5.75. The van der Waals surface area contributed by atoms with Crippen LogP contribution in [0.2, 0.25) is 0 Å². The van der Waals surface area contributed by atoms with Crippen LogP contribution in [0.1, 0.15) is 20.3 Å². The van der Waals surface area contributed by atoms with Crippen LogP contribution in [0.3, 0.4) is 0 Å². The molecule has 2 N–H and O–H groups in total. The van der Waals surface area contributed by atoms with Crippen LogP contribution in [-0.2, 0) is 13.1 Å². The fraction of sp³-hybridized carbons (Fsp3) is 0.667. The quantitative estimate of drug-likeness (QED) is 0.542. The van der Waals surface area contributed by atoms with Gasteiger partial charge in [0.25, 0.3) is 0 Å². The van der Waals surface area contributed by atoms with Crippen LogP contribution >= 0.6 is 0 Å². The molecule has 1 rings (SSSR count). The second-order valence-electron chi connectivity index (χ2n) is 3.25. The molecule has 0 amide bonds. The van der Waals surface area contributed by atoms with Crippen molar-refractivity contribution >= 4 is 0 Å². The molecule has 0 saturated heterocycles. The zero-order chi connectivity index (χ0) is 8.97. The Morgan fingerprint density at radius 3 is 2.69 bits per heavy atom. The maximum Gasteiger partial charge on any atom is 0.243 e. The van der Waals surface area contributed by atoms with Crippen LogP contribution in [-0.4, -0.2) is 10.6 Å². The number of nitrogens with zero attached hydrogens (tertiary/aromatic N) is 2. The number of aryl methyl sites for hydroxylation is 2. The third-order valence-electron chi connectivity index (χ3n) is 1.95. The Morgan fingerprint density at radius 2 is 2.23 bits per heavy atom. The SMILES string of the molecule is CCn1cc[n+](CCC(C)N)c1.[Cl-]. The van der Waals surface area contributed by atoms with E-state index in [1.165, 1.54) is 0 Å². The first-order valence-corrected chi connectivity index (χ1v) is 4.52. The average Bonchev–Trinajstić information content (AvgIpc) is 2.48. The highest BCUT2D eigenvalue weighted by Crippen LogP contribution is 1.87. The van der Waals surface area contributed by atoms with Gasteiger partial charge in [0.15, 0.2) is 0 Å². The molecule has 0 aliphatic carbocycles. The van der Waals surface area contributed by atoms with Crippen LogP contribution in [0.5, 0.6) is 0 Å². The molecule has 1 aromatic rings. The second-order valence-corrected chi connectivity index (χ2v) is 3.25. The first-order chi connectivity index (χ1) is 5.72. The number of nitrogens with two attached hydrogens (primary N) is 1. The van der Waals surface area contributed by atoms with Crippen molar-refractivity contribution in [2.24, 2.45) is 5.73 Å². The maximum atomic E-state index is 5.66. The van der Waals surface area contributed by atoms with E-state index in [0.29, 0.717) is 6.04 Å². The summed E-state index contributed by atoms with van der Waals surface area (Å²) in [7, 11) is 0. The molecule has 76 valence electrons. The van der Waals surface area contributed by atoms with E-state index in [9.17, 15) is 0 Å². The summed E-state index contributed by atoms with van der Waals surface area (Å²) in [6, 6.07) is 0.294. The molecule has 0 spiro atoms. The van der Waals surface area contributed by atoms with Gasteiger partial charge in [0.1, 0.15) is 12.4 Å². The van der Waals surface area contributed by atoms with Crippen LogP contribution < -0.4 is 22.7 Å². The Bertz CT molecular complexity index is 233. The van der Waals surface area contributed by atoms with Gasteiger partial charge in [0, 0.05) is 12.5 Å². The normalized spacial score (nSPS) is 12.2. The number of imidazole rings is 1. The van der Waals surface area contributed by atoms with Crippen molar-refractivity contribution in [1.29, 1.82) is 0 Å². The lowest BCUT2D eigenvalue weighted by Crippen LogP contribution is -3.00.